The van der Waals surface area contributed by atoms with Gasteiger partial charge in [-0.3, -0.25) is 0 Å². The molecule has 0 saturated heterocycles. The summed E-state index contributed by atoms with van der Waals surface area (Å²) in [7, 11) is 0. The number of carbonyl (C=O) groups excluding carboxylic acids is 1. The van der Waals surface area contributed by atoms with E-state index in [-0.39, 0.29) is 17.3 Å². The fourth-order valence-electron chi connectivity index (χ4n) is 2.09. The van der Waals surface area contributed by atoms with E-state index >= 15 is 0 Å². The Morgan fingerprint density at radius 2 is 1.96 bits per heavy atom. The average molecular weight is 350 g/mol. The van der Waals surface area contributed by atoms with Gasteiger partial charge in [0.25, 0.3) is 0 Å². The lowest BCUT2D eigenvalue weighted by molar-refractivity contribution is -0.129. The van der Waals surface area contributed by atoms with Crippen molar-refractivity contribution in [1.29, 1.82) is 0 Å². The Kier molecular flexibility index (Phi) is 4.57. The summed E-state index contributed by atoms with van der Waals surface area (Å²) in [5.74, 6) is -0.660. The van der Waals surface area contributed by atoms with Gasteiger partial charge in [-0.2, -0.15) is 8.78 Å². The fraction of sp³-hybridized carbons (Fsp3) is 0.0588. The van der Waals surface area contributed by atoms with Crippen LogP contribution in [0.5, 0.6) is 5.75 Å². The summed E-state index contributed by atoms with van der Waals surface area (Å²) in [4.78, 5) is 16.0. The summed E-state index contributed by atoms with van der Waals surface area (Å²) in [5.41, 5.74) is 1.14. The lowest BCUT2D eigenvalue weighted by Crippen LogP contribution is -2.07. The average Bonchev–Trinajstić information content (AvgIpc) is 2.88. The molecule has 0 spiro atoms. The Bertz CT molecular complexity index is 849. The summed E-state index contributed by atoms with van der Waals surface area (Å²) in [6.45, 7) is -2.94. The first-order valence-electron chi connectivity index (χ1n) is 6.84. The second-order valence-electron chi connectivity index (χ2n) is 4.80. The molecule has 1 aliphatic rings. The minimum absolute atomic E-state index is 0.0213. The van der Waals surface area contributed by atoms with E-state index in [0.29, 0.717) is 16.1 Å². The lowest BCUT2D eigenvalue weighted by atomic mass is 10.2. The summed E-state index contributed by atoms with van der Waals surface area (Å²) in [6.07, 6.45) is 1.53. The van der Waals surface area contributed by atoms with Crippen molar-refractivity contribution in [2.24, 2.45) is 4.99 Å². The van der Waals surface area contributed by atoms with Gasteiger partial charge in [-0.1, -0.05) is 29.8 Å². The number of halogens is 3. The topological polar surface area (TPSA) is 47.9 Å². The van der Waals surface area contributed by atoms with Gasteiger partial charge in [0.1, 0.15) is 5.75 Å². The van der Waals surface area contributed by atoms with E-state index in [4.69, 9.17) is 16.3 Å². The molecule has 0 fully saturated rings. The van der Waals surface area contributed by atoms with Crippen molar-refractivity contribution in [2.75, 3.05) is 0 Å². The number of rotatable bonds is 4. The number of hydrogen-bond acceptors (Lipinski definition) is 4. The third kappa shape index (κ3) is 3.78. The fourth-order valence-corrected chi connectivity index (χ4v) is 2.29. The molecule has 0 unspecified atom stereocenters. The quantitative estimate of drug-likeness (QED) is 0.611. The Labute approximate surface area is 141 Å². The SMILES string of the molecule is O=C1OC(c2cccc(OC(F)F)c2)=N/C1=C/c1cccc(Cl)c1. The molecule has 4 nitrogen and oxygen atoms in total. The number of carbonyl (C=O) groups is 1. The van der Waals surface area contributed by atoms with Gasteiger partial charge in [0.2, 0.25) is 5.90 Å². The number of benzene rings is 2. The van der Waals surface area contributed by atoms with E-state index in [2.05, 4.69) is 9.73 Å². The number of cyclic esters (lactones) is 1. The van der Waals surface area contributed by atoms with E-state index in [1.807, 2.05) is 0 Å². The van der Waals surface area contributed by atoms with Crippen LogP contribution in [0, 0.1) is 0 Å². The zero-order chi connectivity index (χ0) is 17.1. The first-order chi connectivity index (χ1) is 11.5. The third-order valence-corrected chi connectivity index (χ3v) is 3.31. The van der Waals surface area contributed by atoms with Gasteiger partial charge < -0.3 is 9.47 Å². The zero-order valence-electron chi connectivity index (χ0n) is 12.1. The van der Waals surface area contributed by atoms with Crippen LogP contribution >= 0.6 is 11.6 Å². The molecule has 2 aromatic rings. The molecule has 122 valence electrons. The van der Waals surface area contributed by atoms with Gasteiger partial charge in [-0.25, -0.2) is 9.79 Å². The van der Waals surface area contributed by atoms with Gasteiger partial charge >= 0.3 is 12.6 Å². The highest BCUT2D eigenvalue weighted by Gasteiger charge is 2.24. The molecule has 3 rings (SSSR count). The number of hydrogen-bond donors (Lipinski definition) is 0. The molecule has 1 aliphatic heterocycles. The first-order valence-corrected chi connectivity index (χ1v) is 7.22. The van der Waals surface area contributed by atoms with Crippen molar-refractivity contribution >= 4 is 29.5 Å². The molecule has 2 aromatic carbocycles. The van der Waals surface area contributed by atoms with Crippen LogP contribution in [0.15, 0.2) is 59.2 Å². The van der Waals surface area contributed by atoms with E-state index in [1.165, 1.54) is 24.3 Å². The summed E-state index contributed by atoms with van der Waals surface area (Å²) >= 11 is 5.89. The summed E-state index contributed by atoms with van der Waals surface area (Å²) in [6, 6.07) is 12.7. The van der Waals surface area contributed by atoms with Gasteiger partial charge in [-0.15, -0.1) is 0 Å². The normalized spacial score (nSPS) is 15.6. The monoisotopic (exact) mass is 349 g/mol. The molecule has 0 saturated carbocycles. The number of aliphatic imine (C=N–C) groups is 1. The van der Waals surface area contributed by atoms with Crippen LogP contribution in [0.3, 0.4) is 0 Å². The van der Waals surface area contributed by atoms with Crippen molar-refractivity contribution < 1.29 is 23.0 Å². The number of nitrogens with zero attached hydrogens (tertiary/aromatic N) is 1. The van der Waals surface area contributed by atoms with Crippen LogP contribution < -0.4 is 4.74 Å². The van der Waals surface area contributed by atoms with Gasteiger partial charge in [-0.05, 0) is 42.0 Å². The Morgan fingerprint density at radius 3 is 2.71 bits per heavy atom. The molecule has 7 heteroatoms. The molecular formula is C17H10ClF2NO3. The molecule has 0 aliphatic carbocycles. The summed E-state index contributed by atoms with van der Waals surface area (Å²) in [5, 5.41) is 0.525. The number of alkyl halides is 2. The highest BCUT2D eigenvalue weighted by Crippen LogP contribution is 2.23. The second-order valence-corrected chi connectivity index (χ2v) is 5.23. The van der Waals surface area contributed by atoms with Crippen LogP contribution in [-0.2, 0) is 9.53 Å². The van der Waals surface area contributed by atoms with Crippen LogP contribution in [-0.4, -0.2) is 18.5 Å². The first kappa shape index (κ1) is 16.1. The van der Waals surface area contributed by atoms with Crippen LogP contribution in [0.25, 0.3) is 6.08 Å². The van der Waals surface area contributed by atoms with Crippen molar-refractivity contribution in [3.8, 4) is 5.75 Å². The molecular weight excluding hydrogens is 340 g/mol. The molecule has 0 N–H and O–H groups in total. The molecule has 0 atom stereocenters. The largest absolute Gasteiger partial charge is 0.435 e. The van der Waals surface area contributed by atoms with Crippen LogP contribution in [0.2, 0.25) is 5.02 Å². The second kappa shape index (κ2) is 6.80. The molecule has 0 aromatic heterocycles. The van der Waals surface area contributed by atoms with Crippen molar-refractivity contribution in [3.63, 3.8) is 0 Å². The highest BCUT2D eigenvalue weighted by molar-refractivity contribution is 6.30. The van der Waals surface area contributed by atoms with Crippen LogP contribution in [0.1, 0.15) is 11.1 Å². The minimum Gasteiger partial charge on any atom is -0.435 e. The highest BCUT2D eigenvalue weighted by atomic mass is 35.5. The van der Waals surface area contributed by atoms with Crippen molar-refractivity contribution in [1.82, 2.24) is 0 Å². The van der Waals surface area contributed by atoms with E-state index in [9.17, 15) is 13.6 Å². The van der Waals surface area contributed by atoms with Gasteiger partial charge in [0, 0.05) is 10.6 Å². The molecule has 0 radical (unpaired) electrons. The Balaban J connectivity index is 1.89. The lowest BCUT2D eigenvalue weighted by Gasteiger charge is -2.05. The van der Waals surface area contributed by atoms with Crippen molar-refractivity contribution in [2.45, 2.75) is 6.61 Å². The predicted molar refractivity (Wildman–Crippen MR) is 85.1 cm³/mol. The molecule has 0 amide bonds. The number of esters is 1. The maximum atomic E-state index is 12.3. The maximum absolute atomic E-state index is 12.3. The molecule has 1 heterocycles. The van der Waals surface area contributed by atoms with Gasteiger partial charge in [0.05, 0.1) is 0 Å². The Hall–Kier alpha value is -2.73. The Morgan fingerprint density at radius 1 is 1.17 bits per heavy atom. The molecule has 24 heavy (non-hydrogen) atoms. The number of ether oxygens (including phenoxy) is 2. The van der Waals surface area contributed by atoms with Crippen molar-refractivity contribution in [3.05, 3.63) is 70.4 Å². The standard InChI is InChI=1S/C17H10ClF2NO3/c18-12-5-1-3-10(7-12)8-14-16(22)24-15(21-14)11-4-2-6-13(9-11)23-17(19)20/h1-9,17H/b14-8+. The van der Waals surface area contributed by atoms with Crippen LogP contribution in [0.4, 0.5) is 8.78 Å². The predicted octanol–water partition coefficient (Wildman–Crippen LogP) is 4.29. The van der Waals surface area contributed by atoms with Gasteiger partial charge in [0.15, 0.2) is 5.70 Å². The van der Waals surface area contributed by atoms with E-state index < -0.39 is 12.6 Å². The smallest absolute Gasteiger partial charge is 0.387 e. The van der Waals surface area contributed by atoms with E-state index in [0.717, 1.165) is 0 Å². The zero-order valence-corrected chi connectivity index (χ0v) is 12.8. The summed E-state index contributed by atoms with van der Waals surface area (Å²) < 4.78 is 33.9. The molecule has 0 bridgehead atoms. The third-order valence-electron chi connectivity index (χ3n) is 3.08. The minimum atomic E-state index is -2.94. The van der Waals surface area contributed by atoms with E-state index in [1.54, 1.807) is 30.3 Å². The maximum Gasteiger partial charge on any atom is 0.387 e.